The van der Waals surface area contributed by atoms with Crippen molar-refractivity contribution in [3.8, 4) is 0 Å². The van der Waals surface area contributed by atoms with Crippen LogP contribution in [-0.4, -0.2) is 40.5 Å². The molecule has 5 nitrogen and oxygen atoms in total. The second-order valence-electron chi connectivity index (χ2n) is 6.40. The Labute approximate surface area is 132 Å². The Morgan fingerprint density at radius 1 is 1.36 bits per heavy atom. The fourth-order valence-corrected chi connectivity index (χ4v) is 3.08. The van der Waals surface area contributed by atoms with Crippen LogP contribution in [0, 0.1) is 12.8 Å². The molecule has 1 atom stereocenters. The molecule has 0 saturated carbocycles. The van der Waals surface area contributed by atoms with Gasteiger partial charge in [-0.1, -0.05) is 26.0 Å². The standard InChI is InChI=1S/C17H26N4O/c1-11(2)15(20(4)5)17(22)18-10-14-19-13-9-7-8-12(3)16(13)21(14)6/h7-9,11,15H,10H2,1-6H3,(H,18,22)/t15-/m0/s1. The van der Waals surface area contributed by atoms with Crippen molar-refractivity contribution in [2.24, 2.45) is 13.0 Å². The van der Waals surface area contributed by atoms with Crippen LogP contribution in [0.15, 0.2) is 18.2 Å². The van der Waals surface area contributed by atoms with E-state index in [0.29, 0.717) is 6.54 Å². The maximum Gasteiger partial charge on any atom is 0.237 e. The quantitative estimate of drug-likeness (QED) is 0.920. The van der Waals surface area contributed by atoms with Crippen molar-refractivity contribution in [2.45, 2.75) is 33.4 Å². The maximum atomic E-state index is 12.4. The van der Waals surface area contributed by atoms with Gasteiger partial charge in [0.2, 0.25) is 5.91 Å². The number of fused-ring (bicyclic) bond motifs is 1. The van der Waals surface area contributed by atoms with Crippen LogP contribution in [0.25, 0.3) is 11.0 Å². The summed E-state index contributed by atoms with van der Waals surface area (Å²) in [5.74, 6) is 1.18. The highest BCUT2D eigenvalue weighted by atomic mass is 16.2. The van der Waals surface area contributed by atoms with Crippen molar-refractivity contribution in [3.63, 3.8) is 0 Å². The fourth-order valence-electron chi connectivity index (χ4n) is 3.08. The summed E-state index contributed by atoms with van der Waals surface area (Å²) in [7, 11) is 5.86. The normalized spacial score (nSPS) is 13.1. The van der Waals surface area contributed by atoms with E-state index in [-0.39, 0.29) is 17.9 Å². The van der Waals surface area contributed by atoms with Crippen LogP contribution < -0.4 is 5.32 Å². The van der Waals surface area contributed by atoms with E-state index in [1.165, 1.54) is 5.56 Å². The highest BCUT2D eigenvalue weighted by Crippen LogP contribution is 2.18. The van der Waals surface area contributed by atoms with Gasteiger partial charge in [0, 0.05) is 7.05 Å². The van der Waals surface area contributed by atoms with Gasteiger partial charge in [0.25, 0.3) is 0 Å². The molecule has 1 N–H and O–H groups in total. The molecule has 1 aromatic heterocycles. The van der Waals surface area contributed by atoms with Crippen LogP contribution in [0.1, 0.15) is 25.2 Å². The summed E-state index contributed by atoms with van der Waals surface area (Å²) >= 11 is 0. The van der Waals surface area contributed by atoms with Crippen LogP contribution in [0.5, 0.6) is 0 Å². The Balaban J connectivity index is 2.17. The molecule has 0 spiro atoms. The van der Waals surface area contributed by atoms with E-state index in [2.05, 4.69) is 41.7 Å². The summed E-state index contributed by atoms with van der Waals surface area (Å²) in [6.07, 6.45) is 0. The maximum absolute atomic E-state index is 12.4. The molecule has 0 fully saturated rings. The second-order valence-corrected chi connectivity index (χ2v) is 6.40. The molecule has 22 heavy (non-hydrogen) atoms. The Hall–Kier alpha value is -1.88. The third-order valence-electron chi connectivity index (χ3n) is 4.07. The van der Waals surface area contributed by atoms with E-state index in [0.717, 1.165) is 16.9 Å². The smallest absolute Gasteiger partial charge is 0.237 e. The topological polar surface area (TPSA) is 50.2 Å². The minimum absolute atomic E-state index is 0.0452. The first-order valence-electron chi connectivity index (χ1n) is 7.68. The van der Waals surface area contributed by atoms with Gasteiger partial charge in [0.05, 0.1) is 23.6 Å². The summed E-state index contributed by atoms with van der Waals surface area (Å²) in [5, 5.41) is 3.02. The van der Waals surface area contributed by atoms with Gasteiger partial charge in [0.1, 0.15) is 5.82 Å². The van der Waals surface area contributed by atoms with Gasteiger partial charge in [-0.2, -0.15) is 0 Å². The number of rotatable bonds is 5. The highest BCUT2D eigenvalue weighted by Gasteiger charge is 2.24. The third kappa shape index (κ3) is 3.14. The molecule has 2 aromatic rings. The number of hydrogen-bond acceptors (Lipinski definition) is 3. The van der Waals surface area contributed by atoms with E-state index in [1.54, 1.807) is 0 Å². The van der Waals surface area contributed by atoms with Crippen LogP contribution >= 0.6 is 0 Å². The molecule has 1 aromatic carbocycles. The Morgan fingerprint density at radius 2 is 2.05 bits per heavy atom. The predicted octanol–water partition coefficient (Wildman–Crippen LogP) is 2.08. The largest absolute Gasteiger partial charge is 0.347 e. The van der Waals surface area contributed by atoms with E-state index in [1.807, 2.05) is 38.2 Å². The van der Waals surface area contributed by atoms with Crippen molar-refractivity contribution in [2.75, 3.05) is 14.1 Å². The predicted molar refractivity (Wildman–Crippen MR) is 89.6 cm³/mol. The summed E-state index contributed by atoms with van der Waals surface area (Å²) in [6, 6.07) is 5.96. The molecule has 0 unspecified atom stereocenters. The number of aromatic nitrogens is 2. The number of imidazole rings is 1. The SMILES string of the molecule is Cc1cccc2nc(CNC(=O)[C@H](C(C)C)N(C)C)n(C)c12. The Bertz CT molecular complexity index is 665. The molecule has 1 heterocycles. The van der Waals surface area contributed by atoms with Gasteiger partial charge < -0.3 is 9.88 Å². The number of likely N-dealkylation sites (N-methyl/N-ethyl adjacent to an activating group) is 1. The van der Waals surface area contributed by atoms with E-state index in [9.17, 15) is 4.79 Å². The van der Waals surface area contributed by atoms with E-state index in [4.69, 9.17) is 0 Å². The number of aryl methyl sites for hydroxylation is 2. The van der Waals surface area contributed by atoms with Gasteiger partial charge in [-0.15, -0.1) is 0 Å². The molecule has 2 rings (SSSR count). The lowest BCUT2D eigenvalue weighted by Crippen LogP contribution is -2.46. The molecular weight excluding hydrogens is 276 g/mol. The summed E-state index contributed by atoms with van der Waals surface area (Å²) in [5.41, 5.74) is 3.29. The van der Waals surface area contributed by atoms with Crippen LogP contribution in [0.3, 0.4) is 0 Å². The van der Waals surface area contributed by atoms with Gasteiger partial charge >= 0.3 is 0 Å². The minimum atomic E-state index is -0.128. The third-order valence-corrected chi connectivity index (χ3v) is 4.07. The Kier molecular flexibility index (Phi) is 4.86. The van der Waals surface area contributed by atoms with Gasteiger partial charge in [-0.25, -0.2) is 4.98 Å². The molecule has 0 aliphatic heterocycles. The Morgan fingerprint density at radius 3 is 2.59 bits per heavy atom. The number of carbonyl (C=O) groups excluding carboxylic acids is 1. The van der Waals surface area contributed by atoms with E-state index >= 15 is 0 Å². The first kappa shape index (κ1) is 16.5. The van der Waals surface area contributed by atoms with Crippen molar-refractivity contribution in [1.82, 2.24) is 19.8 Å². The number of amides is 1. The van der Waals surface area contributed by atoms with Crippen LogP contribution in [0.2, 0.25) is 0 Å². The molecule has 0 radical (unpaired) electrons. The number of nitrogens with one attached hydrogen (secondary N) is 1. The van der Waals surface area contributed by atoms with Gasteiger partial charge in [-0.05, 0) is 38.6 Å². The number of hydrogen-bond donors (Lipinski definition) is 1. The molecule has 0 bridgehead atoms. The van der Waals surface area contributed by atoms with Crippen LogP contribution in [0.4, 0.5) is 0 Å². The monoisotopic (exact) mass is 302 g/mol. The first-order valence-corrected chi connectivity index (χ1v) is 7.68. The lowest BCUT2D eigenvalue weighted by atomic mass is 10.0. The zero-order chi connectivity index (χ0) is 16.4. The van der Waals surface area contributed by atoms with Crippen LogP contribution in [-0.2, 0) is 18.4 Å². The number of benzene rings is 1. The molecule has 0 saturated heterocycles. The van der Waals surface area contributed by atoms with Crippen molar-refractivity contribution in [1.29, 1.82) is 0 Å². The molecular formula is C17H26N4O. The zero-order valence-electron chi connectivity index (χ0n) is 14.3. The van der Waals surface area contributed by atoms with Gasteiger partial charge in [-0.3, -0.25) is 9.69 Å². The lowest BCUT2D eigenvalue weighted by molar-refractivity contribution is -0.127. The summed E-state index contributed by atoms with van der Waals surface area (Å²) in [6.45, 7) is 6.64. The van der Waals surface area contributed by atoms with Crippen molar-refractivity contribution in [3.05, 3.63) is 29.6 Å². The fraction of sp³-hybridized carbons (Fsp3) is 0.529. The first-order chi connectivity index (χ1) is 10.3. The molecule has 5 heteroatoms. The number of para-hydroxylation sites is 1. The van der Waals surface area contributed by atoms with E-state index < -0.39 is 0 Å². The minimum Gasteiger partial charge on any atom is -0.347 e. The number of carbonyl (C=O) groups is 1. The number of nitrogens with zero attached hydrogens (tertiary/aromatic N) is 3. The second kappa shape index (κ2) is 6.48. The highest BCUT2D eigenvalue weighted by molar-refractivity contribution is 5.82. The molecule has 120 valence electrons. The van der Waals surface area contributed by atoms with Crippen molar-refractivity contribution < 1.29 is 4.79 Å². The van der Waals surface area contributed by atoms with Crippen molar-refractivity contribution >= 4 is 16.9 Å². The van der Waals surface area contributed by atoms with Gasteiger partial charge in [0.15, 0.2) is 0 Å². The molecule has 0 aliphatic rings. The average Bonchev–Trinajstić information content (AvgIpc) is 2.73. The zero-order valence-corrected chi connectivity index (χ0v) is 14.3. The average molecular weight is 302 g/mol. The summed E-state index contributed by atoms with van der Waals surface area (Å²) < 4.78 is 2.06. The lowest BCUT2D eigenvalue weighted by Gasteiger charge is -2.26. The molecule has 1 amide bonds. The summed E-state index contributed by atoms with van der Waals surface area (Å²) in [4.78, 5) is 19.0. The molecule has 0 aliphatic carbocycles.